The lowest BCUT2D eigenvalue weighted by Gasteiger charge is -1.94. The van der Waals surface area contributed by atoms with Crippen LogP contribution in [0.5, 0.6) is 0 Å². The number of aliphatic carboxylic acids is 1. The summed E-state index contributed by atoms with van der Waals surface area (Å²) >= 11 is 0. The molecule has 44 valence electrons. The molecule has 0 unspecified atom stereocenters. The molecule has 0 spiro atoms. The average molecular weight is 126 g/mol. The Morgan fingerprint density at radius 3 is 2.29 bits per heavy atom. The summed E-state index contributed by atoms with van der Waals surface area (Å²) in [5.74, 6) is 3.36. The van der Waals surface area contributed by atoms with Gasteiger partial charge in [0, 0.05) is 6.54 Å². The number of carboxylic acid groups (broad SMARTS) is 1. The molecule has 0 bridgehead atoms. The van der Waals surface area contributed by atoms with E-state index in [0.717, 1.165) is 0 Å². The lowest BCUT2D eigenvalue weighted by atomic mass is 10.7. The molecule has 0 aromatic rings. The summed E-state index contributed by atoms with van der Waals surface area (Å²) in [4.78, 5) is 9.35. The molecule has 0 aliphatic heterocycles. The van der Waals surface area contributed by atoms with Crippen LogP contribution < -0.4 is 16.4 Å². The Morgan fingerprint density at radius 2 is 2.29 bits per heavy atom. The fourth-order valence-electron chi connectivity index (χ4n) is 0.0833. The molecule has 0 amide bonds. The van der Waals surface area contributed by atoms with Crippen LogP contribution in [-0.2, 0) is 4.79 Å². The van der Waals surface area contributed by atoms with Gasteiger partial charge in [-0.25, -0.2) is 0 Å². The Kier molecular flexibility index (Phi) is 7.98. The lowest BCUT2D eigenvalue weighted by molar-refractivity contribution is -0.304. The number of carbonyl (C=O) groups excluding carboxylic acids is 1. The fraction of sp³-hybridized carbons (Fsp3) is 0.500. The maximum Gasteiger partial charge on any atom is 0.0566 e. The number of hydrazine groups is 1. The number of carbonyl (C=O) groups is 1. The molecule has 4 nitrogen and oxygen atoms in total. The van der Waals surface area contributed by atoms with Gasteiger partial charge in [-0.2, -0.15) is 0 Å². The Hall–Kier alpha value is -0.320. The summed E-state index contributed by atoms with van der Waals surface area (Å²) in [5, 5.41) is 9.35. The molecule has 0 aromatic carbocycles. The molecule has 0 radical (unpaired) electrons. The van der Waals surface area contributed by atoms with Crippen LogP contribution in [0, 0.1) is 0 Å². The second-order valence-electron chi connectivity index (χ2n) is 0.753. The zero-order chi connectivity index (χ0) is 4.99. The van der Waals surface area contributed by atoms with Crippen molar-refractivity contribution in [1.82, 2.24) is 5.43 Å². The highest BCUT2D eigenvalue weighted by Gasteiger charge is 1.72. The molecule has 0 aliphatic carbocycles. The van der Waals surface area contributed by atoms with Crippen LogP contribution in [0.25, 0.3) is 0 Å². The van der Waals surface area contributed by atoms with Crippen LogP contribution in [0.4, 0.5) is 0 Å². The quantitative estimate of drug-likeness (QED) is 0.319. The van der Waals surface area contributed by atoms with Crippen molar-refractivity contribution in [2.45, 2.75) is 0 Å². The molecular formula is C2H6ClN2O2-. The molecule has 0 heterocycles. The third-order valence-corrected chi connectivity index (χ3v) is 0.246. The maximum absolute atomic E-state index is 9.35. The SMILES string of the molecule is Cl.NNCC(=O)[O-]. The molecule has 0 aliphatic rings. The molecule has 0 saturated carbocycles. The van der Waals surface area contributed by atoms with E-state index >= 15 is 0 Å². The largest absolute Gasteiger partial charge is 0.549 e. The second kappa shape index (κ2) is 5.68. The van der Waals surface area contributed by atoms with E-state index in [9.17, 15) is 9.90 Å². The van der Waals surface area contributed by atoms with E-state index in [2.05, 4.69) is 5.84 Å². The van der Waals surface area contributed by atoms with Crippen molar-refractivity contribution < 1.29 is 9.90 Å². The third kappa shape index (κ3) is 10.7. The van der Waals surface area contributed by atoms with Crippen LogP contribution in [-0.4, -0.2) is 12.5 Å². The molecule has 0 atom stereocenters. The summed E-state index contributed by atoms with van der Waals surface area (Å²) in [5.41, 5.74) is 1.91. The Labute approximate surface area is 47.1 Å². The maximum atomic E-state index is 9.35. The molecule has 0 fully saturated rings. The number of nitrogens with two attached hydrogens (primary N) is 1. The molecule has 7 heavy (non-hydrogen) atoms. The van der Waals surface area contributed by atoms with Gasteiger partial charge in [0.25, 0.3) is 0 Å². The van der Waals surface area contributed by atoms with Gasteiger partial charge < -0.3 is 9.90 Å². The minimum Gasteiger partial charge on any atom is -0.549 e. The summed E-state index contributed by atoms with van der Waals surface area (Å²) in [6, 6.07) is 0. The fourth-order valence-corrected chi connectivity index (χ4v) is 0.0833. The number of hydrogen-bond donors (Lipinski definition) is 2. The first-order chi connectivity index (χ1) is 2.77. The first-order valence-corrected chi connectivity index (χ1v) is 1.40. The van der Waals surface area contributed by atoms with Crippen LogP contribution in [0.2, 0.25) is 0 Å². The molecule has 0 saturated heterocycles. The van der Waals surface area contributed by atoms with Gasteiger partial charge in [-0.15, -0.1) is 12.4 Å². The number of rotatable bonds is 2. The van der Waals surface area contributed by atoms with E-state index in [4.69, 9.17) is 0 Å². The summed E-state index contributed by atoms with van der Waals surface area (Å²) in [6.07, 6.45) is 0. The van der Waals surface area contributed by atoms with Crippen LogP contribution in [0.15, 0.2) is 0 Å². The topological polar surface area (TPSA) is 78.2 Å². The van der Waals surface area contributed by atoms with Gasteiger partial charge in [0.05, 0.1) is 5.97 Å². The van der Waals surface area contributed by atoms with E-state index in [-0.39, 0.29) is 19.0 Å². The van der Waals surface area contributed by atoms with E-state index in [1.165, 1.54) is 0 Å². The highest BCUT2D eigenvalue weighted by atomic mass is 35.5. The van der Waals surface area contributed by atoms with Crippen molar-refractivity contribution in [2.75, 3.05) is 6.54 Å². The van der Waals surface area contributed by atoms with E-state index in [1.54, 1.807) is 0 Å². The van der Waals surface area contributed by atoms with E-state index < -0.39 is 5.97 Å². The van der Waals surface area contributed by atoms with Gasteiger partial charge >= 0.3 is 0 Å². The number of nitrogens with one attached hydrogen (secondary N) is 1. The predicted molar refractivity (Wildman–Crippen MR) is 24.4 cm³/mol. The zero-order valence-corrected chi connectivity index (χ0v) is 4.33. The Morgan fingerprint density at radius 1 is 1.86 bits per heavy atom. The minimum atomic E-state index is -1.20. The molecule has 0 aromatic heterocycles. The van der Waals surface area contributed by atoms with Crippen LogP contribution >= 0.6 is 12.4 Å². The summed E-state index contributed by atoms with van der Waals surface area (Å²) in [6.45, 7) is -0.292. The van der Waals surface area contributed by atoms with Gasteiger partial charge in [-0.3, -0.25) is 11.3 Å². The van der Waals surface area contributed by atoms with Crippen LogP contribution in [0.1, 0.15) is 0 Å². The Bertz CT molecular complexity index is 57.7. The van der Waals surface area contributed by atoms with E-state index in [1.807, 2.05) is 5.43 Å². The molecule has 0 rings (SSSR count). The van der Waals surface area contributed by atoms with Crippen molar-refractivity contribution in [3.05, 3.63) is 0 Å². The summed E-state index contributed by atoms with van der Waals surface area (Å²) in [7, 11) is 0. The van der Waals surface area contributed by atoms with Crippen molar-refractivity contribution in [1.29, 1.82) is 0 Å². The molecular weight excluding hydrogens is 119 g/mol. The lowest BCUT2D eigenvalue weighted by Crippen LogP contribution is -2.37. The highest BCUT2D eigenvalue weighted by Crippen LogP contribution is 1.40. The zero-order valence-electron chi connectivity index (χ0n) is 3.51. The number of carboxylic acids is 1. The first-order valence-electron chi connectivity index (χ1n) is 1.40. The molecule has 5 heteroatoms. The second-order valence-corrected chi connectivity index (χ2v) is 0.753. The first kappa shape index (κ1) is 9.84. The third-order valence-electron chi connectivity index (χ3n) is 0.246. The normalized spacial score (nSPS) is 7.00. The van der Waals surface area contributed by atoms with Crippen molar-refractivity contribution in [3.8, 4) is 0 Å². The van der Waals surface area contributed by atoms with Gasteiger partial charge in [0.15, 0.2) is 0 Å². The predicted octanol–water partition coefficient (Wildman–Crippen LogP) is -2.38. The standard InChI is InChI=1S/C2H6N2O2.ClH/c3-4-1-2(5)6;/h4H,1,3H2,(H,5,6);1H/p-1. The Balaban J connectivity index is 0. The van der Waals surface area contributed by atoms with E-state index in [0.29, 0.717) is 0 Å². The van der Waals surface area contributed by atoms with Crippen molar-refractivity contribution in [3.63, 3.8) is 0 Å². The van der Waals surface area contributed by atoms with Gasteiger partial charge in [-0.1, -0.05) is 0 Å². The monoisotopic (exact) mass is 125 g/mol. The van der Waals surface area contributed by atoms with Gasteiger partial charge in [0.2, 0.25) is 0 Å². The van der Waals surface area contributed by atoms with Gasteiger partial charge in [-0.05, 0) is 0 Å². The van der Waals surface area contributed by atoms with Crippen molar-refractivity contribution >= 4 is 18.4 Å². The smallest absolute Gasteiger partial charge is 0.0566 e. The average Bonchev–Trinajstić information content (AvgIpc) is 1.35. The minimum absolute atomic E-state index is 0. The number of hydrogen-bond acceptors (Lipinski definition) is 4. The highest BCUT2D eigenvalue weighted by molar-refractivity contribution is 5.85. The van der Waals surface area contributed by atoms with Crippen LogP contribution in [0.3, 0.4) is 0 Å². The van der Waals surface area contributed by atoms with Gasteiger partial charge in [0.1, 0.15) is 0 Å². The van der Waals surface area contributed by atoms with Crippen molar-refractivity contribution in [2.24, 2.45) is 5.84 Å². The summed E-state index contributed by atoms with van der Waals surface area (Å²) < 4.78 is 0. The molecule has 3 N–H and O–H groups in total. The number of halogens is 1.